The average Bonchev–Trinajstić information content (AvgIpc) is 2.38. The van der Waals surface area contributed by atoms with Crippen molar-refractivity contribution in [3.63, 3.8) is 0 Å². The van der Waals surface area contributed by atoms with Gasteiger partial charge in [-0.3, -0.25) is 0 Å². The maximum Gasteiger partial charge on any atom is 0.0625 e. The van der Waals surface area contributed by atoms with Crippen LogP contribution in [-0.2, 0) is 0 Å². The third kappa shape index (κ3) is 1.50. The van der Waals surface area contributed by atoms with Crippen LogP contribution in [0.4, 0.5) is 0 Å². The van der Waals surface area contributed by atoms with Gasteiger partial charge < -0.3 is 10.6 Å². The first-order valence-corrected chi connectivity index (χ1v) is 4.13. The van der Waals surface area contributed by atoms with Crippen molar-refractivity contribution >= 4 is 0 Å². The van der Waals surface area contributed by atoms with Crippen molar-refractivity contribution < 1.29 is 0 Å². The molecule has 1 heterocycles. The van der Waals surface area contributed by atoms with E-state index >= 15 is 0 Å². The van der Waals surface area contributed by atoms with Crippen molar-refractivity contribution in [2.24, 2.45) is 5.41 Å². The zero-order valence-electron chi connectivity index (χ0n) is 7.20. The van der Waals surface area contributed by atoms with E-state index in [9.17, 15) is 0 Å². The van der Waals surface area contributed by atoms with E-state index in [1.54, 1.807) is 0 Å². The average molecular weight is 142 g/mol. The maximum absolute atomic E-state index is 3.44. The van der Waals surface area contributed by atoms with E-state index < -0.39 is 0 Å². The smallest absolute Gasteiger partial charge is 0.0625 e. The van der Waals surface area contributed by atoms with E-state index in [2.05, 4.69) is 31.4 Å². The second kappa shape index (κ2) is 2.89. The fourth-order valence-electron chi connectivity index (χ4n) is 1.26. The summed E-state index contributed by atoms with van der Waals surface area (Å²) in [6.07, 6.45) is 1.75. The summed E-state index contributed by atoms with van der Waals surface area (Å²) < 4.78 is 0. The van der Waals surface area contributed by atoms with Gasteiger partial charge in [-0.1, -0.05) is 20.8 Å². The molecule has 0 saturated carbocycles. The number of nitrogens with one attached hydrogen (secondary N) is 2. The Morgan fingerprint density at radius 2 is 1.80 bits per heavy atom. The lowest BCUT2D eigenvalue weighted by Crippen LogP contribution is -2.44. The van der Waals surface area contributed by atoms with Crippen LogP contribution in [0.5, 0.6) is 0 Å². The van der Waals surface area contributed by atoms with Gasteiger partial charge in [-0.25, -0.2) is 0 Å². The molecule has 0 aromatic heterocycles. The van der Waals surface area contributed by atoms with Crippen molar-refractivity contribution in [1.29, 1.82) is 0 Å². The first-order chi connectivity index (χ1) is 4.67. The molecular formula is C8H18N2. The highest BCUT2D eigenvalue weighted by Crippen LogP contribution is 2.23. The summed E-state index contributed by atoms with van der Waals surface area (Å²) in [5.41, 5.74) is 0.399. The van der Waals surface area contributed by atoms with E-state index in [1.165, 1.54) is 6.42 Å². The Bertz CT molecular complexity index is 104. The lowest BCUT2D eigenvalue weighted by Gasteiger charge is -2.30. The first-order valence-electron chi connectivity index (χ1n) is 4.13. The molecule has 1 aliphatic rings. The summed E-state index contributed by atoms with van der Waals surface area (Å²) in [4.78, 5) is 0. The number of hydrogen-bond acceptors (Lipinski definition) is 2. The normalized spacial score (nSPS) is 21.9. The molecule has 0 spiro atoms. The Kier molecular flexibility index (Phi) is 2.32. The monoisotopic (exact) mass is 142 g/mol. The van der Waals surface area contributed by atoms with Crippen molar-refractivity contribution in [3.05, 3.63) is 0 Å². The second-order valence-corrected chi connectivity index (χ2v) is 3.68. The summed E-state index contributed by atoms with van der Waals surface area (Å²) in [7, 11) is 0. The molecule has 1 aliphatic heterocycles. The van der Waals surface area contributed by atoms with E-state index in [1.807, 2.05) is 0 Å². The maximum atomic E-state index is 3.44. The van der Waals surface area contributed by atoms with Gasteiger partial charge in [0.25, 0.3) is 0 Å². The van der Waals surface area contributed by atoms with Crippen LogP contribution in [0.15, 0.2) is 0 Å². The molecule has 0 unspecified atom stereocenters. The van der Waals surface area contributed by atoms with Crippen LogP contribution >= 0.6 is 0 Å². The molecule has 60 valence electrons. The molecule has 1 fully saturated rings. The molecule has 0 aliphatic carbocycles. The summed E-state index contributed by atoms with van der Waals surface area (Å²) >= 11 is 0. The van der Waals surface area contributed by atoms with Gasteiger partial charge in [-0.15, -0.1) is 0 Å². The van der Waals surface area contributed by atoms with Crippen molar-refractivity contribution in [1.82, 2.24) is 10.6 Å². The van der Waals surface area contributed by atoms with Gasteiger partial charge in [0, 0.05) is 13.1 Å². The molecule has 0 amide bonds. The standard InChI is InChI=1S/C8H18N2/c1-4-8(2,3)7-9-5-6-10-7/h7,9-10H,4-6H2,1-3H3. The van der Waals surface area contributed by atoms with Gasteiger partial charge in [0.05, 0.1) is 6.17 Å². The van der Waals surface area contributed by atoms with Crippen LogP contribution in [0.25, 0.3) is 0 Å². The van der Waals surface area contributed by atoms with E-state index in [0.29, 0.717) is 11.6 Å². The molecule has 2 N–H and O–H groups in total. The topological polar surface area (TPSA) is 24.1 Å². The fourth-order valence-corrected chi connectivity index (χ4v) is 1.26. The quantitative estimate of drug-likeness (QED) is 0.599. The van der Waals surface area contributed by atoms with Crippen LogP contribution in [0.3, 0.4) is 0 Å². The Hall–Kier alpha value is -0.0800. The Labute approximate surface area is 63.4 Å². The summed E-state index contributed by atoms with van der Waals surface area (Å²) in [6, 6.07) is 0. The zero-order valence-corrected chi connectivity index (χ0v) is 7.20. The molecule has 2 nitrogen and oxygen atoms in total. The van der Waals surface area contributed by atoms with Crippen LogP contribution in [-0.4, -0.2) is 19.3 Å². The highest BCUT2D eigenvalue weighted by molar-refractivity contribution is 4.85. The molecule has 0 radical (unpaired) electrons. The molecule has 1 rings (SSSR count). The first kappa shape index (κ1) is 8.02. The Morgan fingerprint density at radius 3 is 2.20 bits per heavy atom. The van der Waals surface area contributed by atoms with Crippen molar-refractivity contribution in [3.8, 4) is 0 Å². The molecule has 2 heteroatoms. The third-order valence-corrected chi connectivity index (χ3v) is 2.51. The highest BCUT2D eigenvalue weighted by Gasteiger charge is 2.29. The molecule has 0 atom stereocenters. The van der Waals surface area contributed by atoms with Crippen LogP contribution in [0.2, 0.25) is 0 Å². The van der Waals surface area contributed by atoms with Gasteiger partial charge >= 0.3 is 0 Å². The summed E-state index contributed by atoms with van der Waals surface area (Å²) in [5, 5.41) is 6.87. The van der Waals surface area contributed by atoms with Gasteiger partial charge in [0.2, 0.25) is 0 Å². The Morgan fingerprint density at radius 1 is 1.30 bits per heavy atom. The lowest BCUT2D eigenvalue weighted by atomic mass is 9.87. The van der Waals surface area contributed by atoms with Gasteiger partial charge in [-0.05, 0) is 11.8 Å². The SMILES string of the molecule is CCC(C)(C)C1NCCN1. The predicted octanol–water partition coefficient (Wildman–Crippen LogP) is 0.942. The molecule has 0 aromatic carbocycles. The molecule has 10 heavy (non-hydrogen) atoms. The van der Waals surface area contributed by atoms with E-state index in [4.69, 9.17) is 0 Å². The van der Waals surface area contributed by atoms with Gasteiger partial charge in [0.15, 0.2) is 0 Å². The third-order valence-electron chi connectivity index (χ3n) is 2.51. The van der Waals surface area contributed by atoms with Crippen LogP contribution < -0.4 is 10.6 Å². The summed E-state index contributed by atoms with van der Waals surface area (Å²) in [6.45, 7) is 9.07. The highest BCUT2D eigenvalue weighted by atomic mass is 15.2. The minimum atomic E-state index is 0.399. The molecule has 1 saturated heterocycles. The lowest BCUT2D eigenvalue weighted by molar-refractivity contribution is 0.233. The second-order valence-electron chi connectivity index (χ2n) is 3.68. The minimum absolute atomic E-state index is 0.399. The molecular weight excluding hydrogens is 124 g/mol. The number of hydrogen-bond donors (Lipinski definition) is 2. The largest absolute Gasteiger partial charge is 0.300 e. The van der Waals surface area contributed by atoms with Gasteiger partial charge in [0.1, 0.15) is 0 Å². The Balaban J connectivity index is 2.45. The number of rotatable bonds is 2. The predicted molar refractivity (Wildman–Crippen MR) is 43.9 cm³/mol. The van der Waals surface area contributed by atoms with Crippen molar-refractivity contribution in [2.45, 2.75) is 33.4 Å². The van der Waals surface area contributed by atoms with Crippen molar-refractivity contribution in [2.75, 3.05) is 13.1 Å². The van der Waals surface area contributed by atoms with Gasteiger partial charge in [-0.2, -0.15) is 0 Å². The zero-order chi connectivity index (χ0) is 7.61. The summed E-state index contributed by atoms with van der Waals surface area (Å²) in [5.74, 6) is 0. The van der Waals surface area contributed by atoms with Crippen LogP contribution in [0, 0.1) is 5.41 Å². The molecule has 0 bridgehead atoms. The van der Waals surface area contributed by atoms with Crippen LogP contribution in [0.1, 0.15) is 27.2 Å². The van der Waals surface area contributed by atoms with E-state index in [0.717, 1.165) is 13.1 Å². The molecule has 0 aromatic rings. The fraction of sp³-hybridized carbons (Fsp3) is 1.00. The minimum Gasteiger partial charge on any atom is -0.300 e. The van der Waals surface area contributed by atoms with E-state index in [-0.39, 0.29) is 0 Å².